The molecule has 0 aliphatic heterocycles. The summed E-state index contributed by atoms with van der Waals surface area (Å²) >= 11 is 1.45. The second-order valence-corrected chi connectivity index (χ2v) is 6.83. The summed E-state index contributed by atoms with van der Waals surface area (Å²) in [5.41, 5.74) is 3.40. The van der Waals surface area contributed by atoms with Gasteiger partial charge in [0.05, 0.1) is 4.88 Å². The van der Waals surface area contributed by atoms with Crippen molar-refractivity contribution in [2.24, 2.45) is 0 Å². The lowest BCUT2D eigenvalue weighted by Gasteiger charge is -2.05. The molecule has 4 heteroatoms. The van der Waals surface area contributed by atoms with Gasteiger partial charge in [0.25, 0.3) is 5.91 Å². The first-order valence-corrected chi connectivity index (χ1v) is 9.18. The summed E-state index contributed by atoms with van der Waals surface area (Å²) in [6, 6.07) is 20.0. The Hall–Kier alpha value is -2.59. The van der Waals surface area contributed by atoms with Crippen molar-refractivity contribution in [3.63, 3.8) is 0 Å². The molecule has 0 aliphatic carbocycles. The summed E-state index contributed by atoms with van der Waals surface area (Å²) in [6.07, 6.45) is 0.835. The molecule has 1 N–H and O–H groups in total. The number of ether oxygens (including phenoxy) is 1. The van der Waals surface area contributed by atoms with Gasteiger partial charge in [0.15, 0.2) is 0 Å². The number of benzene rings is 2. The fourth-order valence-corrected chi connectivity index (χ4v) is 3.31. The van der Waals surface area contributed by atoms with Crippen molar-refractivity contribution in [2.45, 2.75) is 20.0 Å². The average molecular weight is 351 g/mol. The molecule has 1 aromatic heterocycles. The predicted molar refractivity (Wildman–Crippen MR) is 102 cm³/mol. The third kappa shape index (κ3) is 5.19. The molecular formula is C21H21NO2S. The minimum atomic E-state index is -0.0252. The zero-order valence-corrected chi connectivity index (χ0v) is 15.0. The fraction of sp³-hybridized carbons (Fsp3) is 0.190. The summed E-state index contributed by atoms with van der Waals surface area (Å²) in [6.45, 7) is 3.14. The topological polar surface area (TPSA) is 38.3 Å². The van der Waals surface area contributed by atoms with Gasteiger partial charge in [-0.05, 0) is 48.1 Å². The molecule has 1 amide bonds. The smallest absolute Gasteiger partial charge is 0.261 e. The molecule has 0 spiro atoms. The number of aryl methyl sites for hydroxylation is 1. The van der Waals surface area contributed by atoms with E-state index in [0.29, 0.717) is 13.2 Å². The van der Waals surface area contributed by atoms with Crippen LogP contribution in [-0.4, -0.2) is 12.5 Å². The molecule has 0 bridgehead atoms. The number of hydrogen-bond donors (Lipinski definition) is 1. The number of carbonyl (C=O) groups excluding carboxylic acids is 1. The van der Waals surface area contributed by atoms with Gasteiger partial charge in [-0.25, -0.2) is 0 Å². The monoisotopic (exact) mass is 351 g/mol. The van der Waals surface area contributed by atoms with Crippen molar-refractivity contribution in [3.05, 3.63) is 87.6 Å². The van der Waals surface area contributed by atoms with Gasteiger partial charge in [0.1, 0.15) is 12.4 Å². The van der Waals surface area contributed by atoms with Crippen LogP contribution in [0.3, 0.4) is 0 Å². The van der Waals surface area contributed by atoms with Gasteiger partial charge in [-0.1, -0.05) is 42.5 Å². The minimum Gasteiger partial charge on any atom is -0.489 e. The van der Waals surface area contributed by atoms with Crippen LogP contribution < -0.4 is 10.1 Å². The first-order valence-electron chi connectivity index (χ1n) is 8.30. The van der Waals surface area contributed by atoms with Crippen molar-refractivity contribution < 1.29 is 9.53 Å². The van der Waals surface area contributed by atoms with E-state index in [-0.39, 0.29) is 5.91 Å². The maximum Gasteiger partial charge on any atom is 0.261 e. The van der Waals surface area contributed by atoms with E-state index in [1.807, 2.05) is 60.8 Å². The van der Waals surface area contributed by atoms with Crippen molar-refractivity contribution in [3.8, 4) is 5.75 Å². The Morgan fingerprint density at radius 3 is 2.68 bits per heavy atom. The Bertz CT molecular complexity index is 827. The lowest BCUT2D eigenvalue weighted by Crippen LogP contribution is -2.24. The molecular weight excluding hydrogens is 330 g/mol. The number of rotatable bonds is 7. The lowest BCUT2D eigenvalue weighted by molar-refractivity contribution is 0.0958. The summed E-state index contributed by atoms with van der Waals surface area (Å²) in [5.74, 6) is 0.822. The van der Waals surface area contributed by atoms with Crippen molar-refractivity contribution in [1.29, 1.82) is 0 Å². The molecule has 2 aromatic carbocycles. The van der Waals surface area contributed by atoms with Gasteiger partial charge in [0.2, 0.25) is 0 Å². The van der Waals surface area contributed by atoms with Gasteiger partial charge < -0.3 is 10.1 Å². The van der Waals surface area contributed by atoms with E-state index in [1.54, 1.807) is 0 Å². The van der Waals surface area contributed by atoms with Crippen molar-refractivity contribution in [1.82, 2.24) is 5.32 Å². The van der Waals surface area contributed by atoms with Crippen molar-refractivity contribution >= 4 is 17.2 Å². The highest BCUT2D eigenvalue weighted by Gasteiger charge is 2.09. The highest BCUT2D eigenvalue weighted by molar-refractivity contribution is 7.12. The Balaban J connectivity index is 1.48. The van der Waals surface area contributed by atoms with Crippen LogP contribution in [0.2, 0.25) is 0 Å². The maximum atomic E-state index is 12.2. The molecule has 3 rings (SSSR count). The lowest BCUT2D eigenvalue weighted by atomic mass is 10.1. The van der Waals surface area contributed by atoms with Crippen LogP contribution in [0.4, 0.5) is 0 Å². The summed E-state index contributed by atoms with van der Waals surface area (Å²) in [7, 11) is 0. The van der Waals surface area contributed by atoms with Crippen LogP contribution in [0, 0.1) is 6.92 Å². The van der Waals surface area contributed by atoms with E-state index in [2.05, 4.69) is 17.4 Å². The molecule has 0 atom stereocenters. The van der Waals surface area contributed by atoms with Crippen LogP contribution in [0.5, 0.6) is 5.75 Å². The second kappa shape index (κ2) is 8.49. The highest BCUT2D eigenvalue weighted by Crippen LogP contribution is 2.18. The van der Waals surface area contributed by atoms with Gasteiger partial charge in [-0.2, -0.15) is 0 Å². The second-order valence-electron chi connectivity index (χ2n) is 5.92. The average Bonchev–Trinajstić information content (AvgIpc) is 3.10. The quantitative estimate of drug-likeness (QED) is 0.675. The van der Waals surface area contributed by atoms with Crippen LogP contribution in [0.1, 0.15) is 26.4 Å². The number of hydrogen-bond acceptors (Lipinski definition) is 3. The molecule has 1 heterocycles. The SMILES string of the molecule is Cc1cccc(OCc2csc(C(=O)NCCc3ccccc3)c2)c1. The van der Waals surface area contributed by atoms with E-state index < -0.39 is 0 Å². The number of amides is 1. The predicted octanol–water partition coefficient (Wildman–Crippen LogP) is 4.61. The Morgan fingerprint density at radius 2 is 1.88 bits per heavy atom. The van der Waals surface area contributed by atoms with Crippen LogP contribution in [0.15, 0.2) is 66.0 Å². The molecule has 0 saturated carbocycles. The minimum absolute atomic E-state index is 0.0252. The molecule has 3 nitrogen and oxygen atoms in total. The van der Waals surface area contributed by atoms with Gasteiger partial charge >= 0.3 is 0 Å². The van der Waals surface area contributed by atoms with E-state index in [0.717, 1.165) is 22.6 Å². The largest absolute Gasteiger partial charge is 0.489 e. The van der Waals surface area contributed by atoms with Gasteiger partial charge in [0, 0.05) is 12.1 Å². The number of carbonyl (C=O) groups is 1. The molecule has 25 heavy (non-hydrogen) atoms. The third-order valence-electron chi connectivity index (χ3n) is 3.81. The molecule has 0 unspecified atom stereocenters. The van der Waals surface area contributed by atoms with Crippen LogP contribution >= 0.6 is 11.3 Å². The molecule has 0 saturated heterocycles. The zero-order chi connectivity index (χ0) is 17.5. The van der Waals surface area contributed by atoms with Gasteiger partial charge in [-0.3, -0.25) is 4.79 Å². The van der Waals surface area contributed by atoms with E-state index in [4.69, 9.17) is 4.74 Å². The fourth-order valence-electron chi connectivity index (χ4n) is 2.49. The number of nitrogens with one attached hydrogen (secondary N) is 1. The summed E-state index contributed by atoms with van der Waals surface area (Å²) < 4.78 is 5.78. The molecule has 128 valence electrons. The van der Waals surface area contributed by atoms with Crippen molar-refractivity contribution in [2.75, 3.05) is 6.54 Å². The Labute approximate surface area is 152 Å². The first kappa shape index (κ1) is 17.2. The van der Waals surface area contributed by atoms with Crippen LogP contribution in [-0.2, 0) is 13.0 Å². The van der Waals surface area contributed by atoms with Gasteiger partial charge in [-0.15, -0.1) is 11.3 Å². The first-order chi connectivity index (χ1) is 12.2. The maximum absolute atomic E-state index is 12.2. The Morgan fingerprint density at radius 1 is 1.04 bits per heavy atom. The van der Waals surface area contributed by atoms with E-state index in [1.165, 1.54) is 22.5 Å². The third-order valence-corrected chi connectivity index (χ3v) is 4.79. The highest BCUT2D eigenvalue weighted by atomic mass is 32.1. The molecule has 0 fully saturated rings. The Kier molecular flexibility index (Phi) is 5.86. The molecule has 3 aromatic rings. The van der Waals surface area contributed by atoms with E-state index >= 15 is 0 Å². The summed E-state index contributed by atoms with van der Waals surface area (Å²) in [4.78, 5) is 12.9. The number of thiophene rings is 1. The standard InChI is InChI=1S/C21H21NO2S/c1-16-6-5-9-19(12-16)24-14-18-13-20(25-15-18)21(23)22-11-10-17-7-3-2-4-8-17/h2-9,12-13,15H,10-11,14H2,1H3,(H,22,23). The summed E-state index contributed by atoms with van der Waals surface area (Å²) in [5, 5.41) is 4.95. The van der Waals surface area contributed by atoms with E-state index in [9.17, 15) is 4.79 Å². The molecule has 0 radical (unpaired) electrons. The van der Waals surface area contributed by atoms with Crippen LogP contribution in [0.25, 0.3) is 0 Å². The molecule has 0 aliphatic rings. The normalized spacial score (nSPS) is 10.4. The zero-order valence-electron chi connectivity index (χ0n) is 14.2.